The van der Waals surface area contributed by atoms with E-state index in [1.54, 1.807) is 18.3 Å². The molecule has 1 aliphatic heterocycles. The van der Waals surface area contributed by atoms with Gasteiger partial charge >= 0.3 is 0 Å². The number of carbonyl (C=O) groups excluding carboxylic acids is 2. The van der Waals surface area contributed by atoms with Crippen LogP contribution in [-0.2, 0) is 4.79 Å². The van der Waals surface area contributed by atoms with E-state index >= 15 is 0 Å². The Labute approximate surface area is 165 Å². The van der Waals surface area contributed by atoms with E-state index in [-0.39, 0.29) is 5.91 Å². The second-order valence-electron chi connectivity index (χ2n) is 7.18. The van der Waals surface area contributed by atoms with E-state index in [4.69, 9.17) is 5.73 Å². The molecule has 3 rings (SSSR count). The van der Waals surface area contributed by atoms with Crippen LogP contribution >= 0.6 is 0 Å². The molecule has 2 aromatic rings. The van der Waals surface area contributed by atoms with Gasteiger partial charge in [-0.3, -0.25) is 14.5 Å². The highest BCUT2D eigenvalue weighted by atomic mass is 16.2. The fourth-order valence-electron chi connectivity index (χ4n) is 3.45. The first kappa shape index (κ1) is 19.8. The fraction of sp³-hybridized carbons (Fsp3) is 0.381. The first-order valence-electron chi connectivity index (χ1n) is 9.53. The van der Waals surface area contributed by atoms with Gasteiger partial charge in [0, 0.05) is 51.0 Å². The van der Waals surface area contributed by atoms with Crippen molar-refractivity contribution >= 4 is 23.3 Å². The number of nitrogens with zero attached hydrogens (tertiary/aromatic N) is 3. The molecule has 2 heterocycles. The van der Waals surface area contributed by atoms with Crippen LogP contribution in [0.5, 0.6) is 0 Å². The normalized spacial score (nSPS) is 14.7. The minimum Gasteiger partial charge on any atom is -0.365 e. The Morgan fingerprint density at radius 3 is 2.57 bits per heavy atom. The highest BCUT2D eigenvalue weighted by molar-refractivity contribution is 5.97. The molecule has 0 aliphatic carbocycles. The number of hydrogen-bond acceptors (Lipinski definition) is 5. The van der Waals surface area contributed by atoms with E-state index < -0.39 is 5.91 Å². The third kappa shape index (κ3) is 4.86. The number of pyridine rings is 1. The highest BCUT2D eigenvalue weighted by Crippen LogP contribution is 2.19. The molecule has 1 aromatic carbocycles. The maximum absolute atomic E-state index is 12.3. The van der Waals surface area contributed by atoms with E-state index in [9.17, 15) is 9.59 Å². The van der Waals surface area contributed by atoms with Gasteiger partial charge in [0.1, 0.15) is 5.82 Å². The Balaban J connectivity index is 1.48. The minimum absolute atomic E-state index is 0.0233. The first-order chi connectivity index (χ1) is 13.4. The molecule has 7 nitrogen and oxygen atoms in total. The SMILES string of the molecule is Cc1ccc(NC(=O)CCN2CCN(c3ncccc3C(N)=O)CC2)c(C)c1. The van der Waals surface area contributed by atoms with Gasteiger partial charge in [0.15, 0.2) is 0 Å². The summed E-state index contributed by atoms with van der Waals surface area (Å²) in [6, 6.07) is 9.43. The summed E-state index contributed by atoms with van der Waals surface area (Å²) >= 11 is 0. The Kier molecular flexibility index (Phi) is 6.26. The lowest BCUT2D eigenvalue weighted by Crippen LogP contribution is -2.47. The topological polar surface area (TPSA) is 91.6 Å². The minimum atomic E-state index is -0.464. The van der Waals surface area contributed by atoms with Crippen LogP contribution in [0, 0.1) is 13.8 Å². The third-order valence-corrected chi connectivity index (χ3v) is 5.04. The standard InChI is InChI=1S/C21H27N5O2/c1-15-5-6-18(16(2)14-15)24-19(27)7-9-25-10-12-26(13-11-25)21-17(20(22)28)4-3-8-23-21/h3-6,8,14H,7,9-13H2,1-2H3,(H2,22,28)(H,24,27). The van der Waals surface area contributed by atoms with E-state index in [0.717, 1.165) is 37.4 Å². The quantitative estimate of drug-likeness (QED) is 0.798. The van der Waals surface area contributed by atoms with Crippen molar-refractivity contribution in [1.29, 1.82) is 0 Å². The zero-order valence-electron chi connectivity index (χ0n) is 16.4. The Hall–Kier alpha value is -2.93. The summed E-state index contributed by atoms with van der Waals surface area (Å²) < 4.78 is 0. The molecule has 1 fully saturated rings. The van der Waals surface area contributed by atoms with E-state index in [2.05, 4.69) is 26.2 Å². The third-order valence-electron chi connectivity index (χ3n) is 5.04. The number of rotatable bonds is 6. The molecule has 3 N–H and O–H groups in total. The van der Waals surface area contributed by atoms with E-state index in [0.29, 0.717) is 24.3 Å². The van der Waals surface area contributed by atoms with E-state index in [1.165, 1.54) is 5.56 Å². The summed E-state index contributed by atoms with van der Waals surface area (Å²) in [5, 5.41) is 2.99. The molecule has 0 unspecified atom stereocenters. The van der Waals surface area contributed by atoms with Gasteiger partial charge in [0.25, 0.3) is 5.91 Å². The monoisotopic (exact) mass is 381 g/mol. The molecule has 2 amide bonds. The second kappa shape index (κ2) is 8.84. The molecule has 7 heteroatoms. The molecule has 148 valence electrons. The van der Waals surface area contributed by atoms with Crippen LogP contribution < -0.4 is 16.0 Å². The Morgan fingerprint density at radius 2 is 1.89 bits per heavy atom. The second-order valence-corrected chi connectivity index (χ2v) is 7.18. The van der Waals surface area contributed by atoms with Crippen molar-refractivity contribution in [2.24, 2.45) is 5.73 Å². The highest BCUT2D eigenvalue weighted by Gasteiger charge is 2.22. The number of anilines is 2. The van der Waals surface area contributed by atoms with Gasteiger partial charge in [-0.1, -0.05) is 17.7 Å². The summed E-state index contributed by atoms with van der Waals surface area (Å²) in [6.07, 6.45) is 2.12. The van der Waals surface area contributed by atoms with Gasteiger partial charge in [-0.15, -0.1) is 0 Å². The summed E-state index contributed by atoms with van der Waals surface area (Å²) in [5.74, 6) is 0.200. The van der Waals surface area contributed by atoms with Crippen LogP contribution in [0.15, 0.2) is 36.5 Å². The van der Waals surface area contributed by atoms with Crippen LogP contribution in [0.3, 0.4) is 0 Å². The maximum Gasteiger partial charge on any atom is 0.252 e. The Morgan fingerprint density at radius 1 is 1.14 bits per heavy atom. The molecule has 1 saturated heterocycles. The van der Waals surface area contributed by atoms with Gasteiger partial charge in [0.05, 0.1) is 5.56 Å². The van der Waals surface area contributed by atoms with Crippen molar-refractivity contribution in [1.82, 2.24) is 9.88 Å². The van der Waals surface area contributed by atoms with Gasteiger partial charge in [-0.05, 0) is 37.6 Å². The molecule has 0 atom stereocenters. The number of amides is 2. The predicted octanol–water partition coefficient (Wildman–Crippen LogP) is 1.95. The van der Waals surface area contributed by atoms with Gasteiger partial charge in [0.2, 0.25) is 5.91 Å². The molecular formula is C21H27N5O2. The number of nitrogens with two attached hydrogens (primary N) is 1. The molecule has 28 heavy (non-hydrogen) atoms. The predicted molar refractivity (Wildman–Crippen MR) is 111 cm³/mol. The van der Waals surface area contributed by atoms with Crippen LogP contribution in [0.4, 0.5) is 11.5 Å². The number of carbonyl (C=O) groups is 2. The van der Waals surface area contributed by atoms with Gasteiger partial charge < -0.3 is 16.0 Å². The van der Waals surface area contributed by atoms with Gasteiger partial charge in [-0.25, -0.2) is 4.98 Å². The largest absolute Gasteiger partial charge is 0.365 e. The maximum atomic E-state index is 12.3. The molecule has 0 saturated carbocycles. The van der Waals surface area contributed by atoms with Crippen molar-refractivity contribution in [3.05, 3.63) is 53.2 Å². The van der Waals surface area contributed by atoms with Crippen LogP contribution in [0.1, 0.15) is 27.9 Å². The Bertz CT molecular complexity index is 860. The van der Waals surface area contributed by atoms with Crippen molar-refractivity contribution in [3.63, 3.8) is 0 Å². The molecule has 1 aliphatic rings. The number of nitrogens with one attached hydrogen (secondary N) is 1. The van der Waals surface area contributed by atoms with Crippen molar-refractivity contribution in [3.8, 4) is 0 Å². The average molecular weight is 381 g/mol. The van der Waals surface area contributed by atoms with Crippen LogP contribution in [0.25, 0.3) is 0 Å². The van der Waals surface area contributed by atoms with Crippen LogP contribution in [0.2, 0.25) is 0 Å². The summed E-state index contributed by atoms with van der Waals surface area (Å²) in [7, 11) is 0. The number of aryl methyl sites for hydroxylation is 2. The number of aromatic nitrogens is 1. The average Bonchev–Trinajstić information content (AvgIpc) is 2.69. The van der Waals surface area contributed by atoms with Crippen LogP contribution in [-0.4, -0.2) is 54.4 Å². The lowest BCUT2D eigenvalue weighted by atomic mass is 10.1. The molecule has 0 bridgehead atoms. The zero-order chi connectivity index (χ0) is 20.1. The summed E-state index contributed by atoms with van der Waals surface area (Å²) in [5.41, 5.74) is 9.02. The molecule has 0 radical (unpaired) electrons. The molecular weight excluding hydrogens is 354 g/mol. The van der Waals surface area contributed by atoms with E-state index in [1.807, 2.05) is 26.0 Å². The number of benzene rings is 1. The first-order valence-corrected chi connectivity index (χ1v) is 9.53. The number of piperazine rings is 1. The molecule has 0 spiro atoms. The smallest absolute Gasteiger partial charge is 0.252 e. The summed E-state index contributed by atoms with van der Waals surface area (Å²) in [6.45, 7) is 7.86. The van der Waals surface area contributed by atoms with Crippen molar-refractivity contribution < 1.29 is 9.59 Å². The number of hydrogen-bond donors (Lipinski definition) is 2. The van der Waals surface area contributed by atoms with Gasteiger partial charge in [-0.2, -0.15) is 0 Å². The molecule has 1 aromatic heterocycles. The fourth-order valence-corrected chi connectivity index (χ4v) is 3.45. The van der Waals surface area contributed by atoms with Crippen molar-refractivity contribution in [2.75, 3.05) is 42.9 Å². The zero-order valence-corrected chi connectivity index (χ0v) is 16.4. The lowest BCUT2D eigenvalue weighted by molar-refractivity contribution is -0.116. The lowest BCUT2D eigenvalue weighted by Gasteiger charge is -2.35. The van der Waals surface area contributed by atoms with Crippen molar-refractivity contribution in [2.45, 2.75) is 20.3 Å². The number of primary amides is 1. The summed E-state index contributed by atoms with van der Waals surface area (Å²) in [4.78, 5) is 32.5.